The third kappa shape index (κ3) is 2.63. The van der Waals surface area contributed by atoms with E-state index in [1.807, 2.05) is 6.92 Å². The van der Waals surface area contributed by atoms with Gasteiger partial charge in [-0.1, -0.05) is 25.1 Å². The quantitative estimate of drug-likeness (QED) is 0.842. The molecule has 0 aliphatic heterocycles. The van der Waals surface area contributed by atoms with Gasteiger partial charge >= 0.3 is 5.95 Å². The molecule has 0 saturated carbocycles. The van der Waals surface area contributed by atoms with Crippen molar-refractivity contribution < 1.29 is 17.6 Å². The number of hydrogen-bond donors (Lipinski definition) is 0. The maximum Gasteiger partial charge on any atom is 0.325 e. The van der Waals surface area contributed by atoms with E-state index in [1.165, 1.54) is 12.1 Å². The topological polar surface area (TPSA) is 69.4 Å². The number of rotatable bonds is 5. The summed E-state index contributed by atoms with van der Waals surface area (Å²) in [5, 5.41) is -0.155. The van der Waals surface area contributed by atoms with Crippen LogP contribution >= 0.6 is 0 Å². The van der Waals surface area contributed by atoms with Crippen molar-refractivity contribution in [3.8, 4) is 5.95 Å². The Kier molecular flexibility index (Phi) is 3.90. The predicted octanol–water partition coefficient (Wildman–Crippen LogP) is 2.47. The van der Waals surface area contributed by atoms with Crippen molar-refractivity contribution in [3.05, 3.63) is 36.2 Å². The lowest BCUT2D eigenvalue weighted by molar-refractivity contribution is 0.242. The van der Waals surface area contributed by atoms with Crippen LogP contribution in [0.15, 0.2) is 44.7 Å². The molecule has 0 fully saturated rings. The van der Waals surface area contributed by atoms with E-state index in [-0.39, 0.29) is 15.9 Å². The Bertz CT molecular complexity index is 647. The monoisotopic (exact) mass is 281 g/mol. The number of benzene rings is 1. The molecule has 0 spiro atoms. The standard InChI is InChI=1S/C13H15NO4S/c1-3-11-14-12(13(18-11)17-4-2)19(15,16)10-8-6-5-7-9-10/h5-9H,3-4H2,1-2H3. The fourth-order valence-electron chi connectivity index (χ4n) is 1.59. The number of oxazole rings is 1. The third-order valence-electron chi connectivity index (χ3n) is 2.50. The van der Waals surface area contributed by atoms with E-state index in [2.05, 4.69) is 4.98 Å². The molecule has 102 valence electrons. The maximum atomic E-state index is 12.5. The SMILES string of the molecule is CCOc1oc(CC)nc1S(=O)(=O)c1ccccc1. The van der Waals surface area contributed by atoms with Gasteiger partial charge in [0.15, 0.2) is 5.89 Å². The van der Waals surface area contributed by atoms with Crippen LogP contribution in [0.4, 0.5) is 0 Å². The number of hydrogen-bond acceptors (Lipinski definition) is 5. The fourth-order valence-corrected chi connectivity index (χ4v) is 2.87. The largest absolute Gasteiger partial charge is 0.463 e. The van der Waals surface area contributed by atoms with E-state index in [1.54, 1.807) is 25.1 Å². The Morgan fingerprint density at radius 1 is 1.21 bits per heavy atom. The van der Waals surface area contributed by atoms with E-state index in [0.29, 0.717) is 18.9 Å². The molecule has 1 aromatic heterocycles. The first-order valence-corrected chi connectivity index (χ1v) is 7.50. The van der Waals surface area contributed by atoms with Gasteiger partial charge in [-0.15, -0.1) is 0 Å². The molecular weight excluding hydrogens is 266 g/mol. The fraction of sp³-hybridized carbons (Fsp3) is 0.308. The molecule has 1 aromatic carbocycles. The van der Waals surface area contributed by atoms with Crippen molar-refractivity contribution in [2.24, 2.45) is 0 Å². The molecule has 6 heteroatoms. The highest BCUT2D eigenvalue weighted by Gasteiger charge is 2.28. The summed E-state index contributed by atoms with van der Waals surface area (Å²) in [5.41, 5.74) is 0. The lowest BCUT2D eigenvalue weighted by Gasteiger charge is -2.03. The highest BCUT2D eigenvalue weighted by molar-refractivity contribution is 7.91. The van der Waals surface area contributed by atoms with Gasteiger partial charge in [0.1, 0.15) is 0 Å². The van der Waals surface area contributed by atoms with Gasteiger partial charge in [0.05, 0.1) is 11.5 Å². The van der Waals surface area contributed by atoms with Gasteiger partial charge in [0.25, 0.3) is 0 Å². The van der Waals surface area contributed by atoms with Crippen LogP contribution in [0.2, 0.25) is 0 Å². The number of nitrogens with zero attached hydrogens (tertiary/aromatic N) is 1. The van der Waals surface area contributed by atoms with Crippen LogP contribution in [0, 0.1) is 0 Å². The second-order valence-electron chi connectivity index (χ2n) is 3.80. The highest BCUT2D eigenvalue weighted by atomic mass is 32.2. The Morgan fingerprint density at radius 2 is 1.89 bits per heavy atom. The molecule has 0 saturated heterocycles. The zero-order valence-corrected chi connectivity index (χ0v) is 11.6. The molecular formula is C13H15NO4S. The molecule has 1 heterocycles. The normalized spacial score (nSPS) is 11.5. The van der Waals surface area contributed by atoms with Crippen LogP contribution < -0.4 is 4.74 Å². The molecule has 19 heavy (non-hydrogen) atoms. The van der Waals surface area contributed by atoms with Crippen LogP contribution in [0.3, 0.4) is 0 Å². The second kappa shape index (κ2) is 5.44. The number of sulfone groups is 1. The molecule has 0 N–H and O–H groups in total. The van der Waals surface area contributed by atoms with E-state index in [4.69, 9.17) is 9.15 Å². The van der Waals surface area contributed by atoms with Crippen LogP contribution in [0.1, 0.15) is 19.7 Å². The Balaban J connectivity index is 2.54. The Morgan fingerprint density at radius 3 is 2.47 bits per heavy atom. The smallest absolute Gasteiger partial charge is 0.325 e. The maximum absolute atomic E-state index is 12.5. The van der Waals surface area contributed by atoms with Gasteiger partial charge in [0.2, 0.25) is 14.9 Å². The number of aryl methyl sites for hydroxylation is 1. The second-order valence-corrected chi connectivity index (χ2v) is 5.67. The summed E-state index contributed by atoms with van der Waals surface area (Å²) in [7, 11) is -3.71. The lowest BCUT2D eigenvalue weighted by atomic mass is 10.4. The van der Waals surface area contributed by atoms with E-state index >= 15 is 0 Å². The first-order valence-electron chi connectivity index (χ1n) is 6.02. The minimum atomic E-state index is -3.71. The summed E-state index contributed by atoms with van der Waals surface area (Å²) >= 11 is 0. The number of aromatic nitrogens is 1. The minimum absolute atomic E-state index is 0.0387. The molecule has 0 unspecified atom stereocenters. The van der Waals surface area contributed by atoms with Crippen LogP contribution in [0.25, 0.3) is 0 Å². The molecule has 0 aliphatic carbocycles. The summed E-state index contributed by atoms with van der Waals surface area (Å²) in [5.74, 6) is 0.307. The molecule has 2 rings (SSSR count). The van der Waals surface area contributed by atoms with E-state index < -0.39 is 9.84 Å². The summed E-state index contributed by atoms with van der Waals surface area (Å²) in [6, 6.07) is 8.11. The summed E-state index contributed by atoms with van der Waals surface area (Å²) in [4.78, 5) is 4.19. The van der Waals surface area contributed by atoms with Crippen molar-refractivity contribution in [1.29, 1.82) is 0 Å². The summed E-state index contributed by atoms with van der Waals surface area (Å²) < 4.78 is 35.4. The first-order chi connectivity index (χ1) is 9.09. The molecule has 0 radical (unpaired) electrons. The zero-order valence-electron chi connectivity index (χ0n) is 10.8. The van der Waals surface area contributed by atoms with Gasteiger partial charge in [-0.2, -0.15) is 4.98 Å². The number of ether oxygens (including phenoxy) is 1. The van der Waals surface area contributed by atoms with Gasteiger partial charge in [-0.05, 0) is 19.1 Å². The third-order valence-corrected chi connectivity index (χ3v) is 4.16. The van der Waals surface area contributed by atoms with Crippen molar-refractivity contribution in [1.82, 2.24) is 4.98 Å². The lowest BCUT2D eigenvalue weighted by Crippen LogP contribution is -2.05. The highest BCUT2D eigenvalue weighted by Crippen LogP contribution is 2.30. The first kappa shape index (κ1) is 13.6. The van der Waals surface area contributed by atoms with Gasteiger partial charge in [0, 0.05) is 6.42 Å². The Labute approximate surface area is 112 Å². The molecule has 0 bridgehead atoms. The van der Waals surface area contributed by atoms with Gasteiger partial charge in [-0.3, -0.25) is 0 Å². The van der Waals surface area contributed by atoms with E-state index in [9.17, 15) is 8.42 Å². The van der Waals surface area contributed by atoms with Crippen molar-refractivity contribution in [2.45, 2.75) is 30.2 Å². The Hall–Kier alpha value is -1.82. The molecule has 0 aliphatic rings. The average Bonchev–Trinajstić information content (AvgIpc) is 2.84. The van der Waals surface area contributed by atoms with Gasteiger partial charge in [-0.25, -0.2) is 8.42 Å². The molecule has 2 aromatic rings. The summed E-state index contributed by atoms with van der Waals surface area (Å²) in [6.45, 7) is 3.91. The minimum Gasteiger partial charge on any atom is -0.463 e. The molecule has 5 nitrogen and oxygen atoms in total. The zero-order chi connectivity index (χ0) is 13.9. The van der Waals surface area contributed by atoms with Crippen molar-refractivity contribution in [3.63, 3.8) is 0 Å². The van der Waals surface area contributed by atoms with Crippen LogP contribution in [0.5, 0.6) is 5.95 Å². The van der Waals surface area contributed by atoms with E-state index in [0.717, 1.165) is 0 Å². The van der Waals surface area contributed by atoms with Crippen LogP contribution in [-0.4, -0.2) is 20.0 Å². The van der Waals surface area contributed by atoms with Crippen LogP contribution in [-0.2, 0) is 16.3 Å². The van der Waals surface area contributed by atoms with Gasteiger partial charge < -0.3 is 9.15 Å². The van der Waals surface area contributed by atoms with Crippen molar-refractivity contribution >= 4 is 9.84 Å². The molecule has 0 atom stereocenters. The van der Waals surface area contributed by atoms with Crippen molar-refractivity contribution in [2.75, 3.05) is 6.61 Å². The average molecular weight is 281 g/mol. The summed E-state index contributed by atoms with van der Waals surface area (Å²) in [6.07, 6.45) is 0.504. The molecule has 0 amide bonds. The predicted molar refractivity (Wildman–Crippen MR) is 68.9 cm³/mol.